The number of aryl methyl sites for hydroxylation is 1. The van der Waals surface area contributed by atoms with Crippen molar-refractivity contribution in [3.63, 3.8) is 0 Å². The van der Waals surface area contributed by atoms with Gasteiger partial charge in [-0.15, -0.1) is 5.10 Å². The van der Waals surface area contributed by atoms with Crippen LogP contribution in [0.4, 0.5) is 11.4 Å². The Balaban J connectivity index is 1.61. The molecule has 2 N–H and O–H groups in total. The van der Waals surface area contributed by atoms with E-state index in [9.17, 15) is 19.7 Å². The molecule has 0 aromatic heterocycles. The number of nitrogens with zero attached hydrogens (tertiary/aromatic N) is 3. The molecule has 0 saturated carbocycles. The Labute approximate surface area is 183 Å². The number of rotatable bonds is 6. The van der Waals surface area contributed by atoms with Crippen LogP contribution in [0.2, 0.25) is 0 Å². The number of benzene rings is 2. The van der Waals surface area contributed by atoms with Gasteiger partial charge in [0.2, 0.25) is 11.8 Å². The molecule has 0 spiro atoms. The molecule has 2 aromatic rings. The fourth-order valence-corrected chi connectivity index (χ4v) is 3.76. The van der Waals surface area contributed by atoms with Gasteiger partial charge in [0.1, 0.15) is 5.25 Å². The van der Waals surface area contributed by atoms with E-state index in [1.807, 2.05) is 32.0 Å². The van der Waals surface area contributed by atoms with E-state index in [-0.39, 0.29) is 23.9 Å². The van der Waals surface area contributed by atoms with Crippen molar-refractivity contribution in [2.24, 2.45) is 10.2 Å². The molecule has 0 radical (unpaired) electrons. The van der Waals surface area contributed by atoms with Crippen LogP contribution in [0.15, 0.2) is 52.7 Å². The zero-order chi connectivity index (χ0) is 22.5. The molecule has 1 aliphatic rings. The Bertz CT molecular complexity index is 1100. The minimum atomic E-state index is -0.598. The number of carbonyl (C=O) groups excluding carboxylic acids is 2. The third-order valence-electron chi connectivity index (χ3n) is 4.81. The number of hydrogen-bond acceptors (Lipinski definition) is 7. The van der Waals surface area contributed by atoms with E-state index in [2.05, 4.69) is 20.8 Å². The summed E-state index contributed by atoms with van der Waals surface area (Å²) in [6.45, 7) is 5.60. The lowest BCUT2D eigenvalue weighted by atomic mass is 10.1. The Hall–Kier alpha value is -3.53. The molecule has 1 fully saturated rings. The lowest BCUT2D eigenvalue weighted by molar-refractivity contribution is -0.384. The summed E-state index contributed by atoms with van der Waals surface area (Å²) in [4.78, 5) is 34.9. The Morgan fingerprint density at radius 3 is 2.61 bits per heavy atom. The van der Waals surface area contributed by atoms with Gasteiger partial charge in [0.25, 0.3) is 5.69 Å². The molecule has 3 rings (SSSR count). The number of nitrogens with one attached hydrogen (secondary N) is 2. The van der Waals surface area contributed by atoms with Crippen LogP contribution < -0.4 is 10.6 Å². The van der Waals surface area contributed by atoms with Gasteiger partial charge in [-0.05, 0) is 55.7 Å². The van der Waals surface area contributed by atoms with E-state index in [0.717, 1.165) is 28.6 Å². The van der Waals surface area contributed by atoms with Gasteiger partial charge in [-0.2, -0.15) is 5.10 Å². The average molecular weight is 439 g/mol. The van der Waals surface area contributed by atoms with Crippen molar-refractivity contribution in [3.05, 3.63) is 69.3 Å². The smallest absolute Gasteiger partial charge is 0.269 e. The predicted octanol–water partition coefficient (Wildman–Crippen LogP) is 3.55. The number of non-ortho nitro benzene ring substituents is 1. The van der Waals surface area contributed by atoms with E-state index in [0.29, 0.717) is 16.4 Å². The first-order valence-electron chi connectivity index (χ1n) is 9.45. The quantitative estimate of drug-likeness (QED) is 0.404. The van der Waals surface area contributed by atoms with Crippen LogP contribution >= 0.6 is 11.8 Å². The number of hydrogen-bond donors (Lipinski definition) is 2. The standard InChI is InChI=1S/C21H21N5O4S/c1-12-5-4-6-17(13(12)2)22-19(27)11-18-20(28)23-21(31-18)25-24-14(3)15-7-9-16(10-8-15)26(29)30/h4-10,18H,11H2,1-3H3,(H,22,27)(H,23,25,28). The molecule has 1 aliphatic heterocycles. The maximum atomic E-state index is 12.4. The highest BCUT2D eigenvalue weighted by atomic mass is 32.2. The van der Waals surface area contributed by atoms with E-state index in [1.165, 1.54) is 12.1 Å². The van der Waals surface area contributed by atoms with Crippen LogP contribution in [0.3, 0.4) is 0 Å². The predicted molar refractivity (Wildman–Crippen MR) is 121 cm³/mol. The summed E-state index contributed by atoms with van der Waals surface area (Å²) >= 11 is 1.14. The second-order valence-electron chi connectivity index (χ2n) is 6.99. The van der Waals surface area contributed by atoms with Crippen molar-refractivity contribution >= 4 is 45.8 Å². The summed E-state index contributed by atoms with van der Waals surface area (Å²) in [5, 5.41) is 24.0. The van der Waals surface area contributed by atoms with Crippen molar-refractivity contribution in [3.8, 4) is 0 Å². The van der Waals surface area contributed by atoms with Gasteiger partial charge in [-0.1, -0.05) is 23.9 Å². The van der Waals surface area contributed by atoms with Gasteiger partial charge in [0.05, 0.1) is 10.6 Å². The lowest BCUT2D eigenvalue weighted by Gasteiger charge is -2.11. The largest absolute Gasteiger partial charge is 0.326 e. The van der Waals surface area contributed by atoms with Gasteiger partial charge in [0.15, 0.2) is 5.17 Å². The van der Waals surface area contributed by atoms with E-state index < -0.39 is 10.2 Å². The number of amidine groups is 1. The molecule has 2 aromatic carbocycles. The van der Waals surface area contributed by atoms with E-state index in [4.69, 9.17) is 0 Å². The summed E-state index contributed by atoms with van der Waals surface area (Å²) in [7, 11) is 0. The fourth-order valence-electron chi connectivity index (χ4n) is 2.85. The number of amides is 2. The van der Waals surface area contributed by atoms with Crippen molar-refractivity contribution in [2.75, 3.05) is 5.32 Å². The number of nitro groups is 1. The highest BCUT2D eigenvalue weighted by Crippen LogP contribution is 2.24. The first kappa shape index (κ1) is 22.2. The molecular weight excluding hydrogens is 418 g/mol. The minimum absolute atomic E-state index is 0.00789. The van der Waals surface area contributed by atoms with E-state index >= 15 is 0 Å². The summed E-state index contributed by atoms with van der Waals surface area (Å²) < 4.78 is 0. The zero-order valence-electron chi connectivity index (χ0n) is 17.2. The van der Waals surface area contributed by atoms with Crippen LogP contribution in [0, 0.1) is 24.0 Å². The average Bonchev–Trinajstić information content (AvgIpc) is 3.08. The summed E-state index contributed by atoms with van der Waals surface area (Å²) in [5.74, 6) is -0.559. The molecule has 0 aliphatic carbocycles. The van der Waals surface area contributed by atoms with Crippen molar-refractivity contribution in [1.82, 2.24) is 5.32 Å². The maximum Gasteiger partial charge on any atom is 0.269 e. The molecule has 160 valence electrons. The van der Waals surface area contributed by atoms with Crippen LogP contribution in [-0.2, 0) is 9.59 Å². The van der Waals surface area contributed by atoms with Crippen LogP contribution in [0.5, 0.6) is 0 Å². The lowest BCUT2D eigenvalue weighted by Crippen LogP contribution is -2.28. The van der Waals surface area contributed by atoms with E-state index in [1.54, 1.807) is 19.1 Å². The third kappa shape index (κ3) is 5.54. The Kier molecular flexibility index (Phi) is 6.81. The zero-order valence-corrected chi connectivity index (χ0v) is 18.0. The third-order valence-corrected chi connectivity index (χ3v) is 5.88. The summed E-state index contributed by atoms with van der Waals surface area (Å²) in [6, 6.07) is 11.6. The number of thioether (sulfide) groups is 1. The first-order valence-corrected chi connectivity index (χ1v) is 10.3. The Morgan fingerprint density at radius 2 is 1.94 bits per heavy atom. The van der Waals surface area contributed by atoms with Gasteiger partial charge in [-0.3, -0.25) is 19.7 Å². The normalized spacial score (nSPS) is 17.5. The second-order valence-corrected chi connectivity index (χ2v) is 8.18. The number of anilines is 1. The molecular formula is C21H21N5O4S. The molecule has 9 nitrogen and oxygen atoms in total. The van der Waals surface area contributed by atoms with Crippen LogP contribution in [0.25, 0.3) is 0 Å². The van der Waals surface area contributed by atoms with Gasteiger partial charge in [-0.25, -0.2) is 0 Å². The summed E-state index contributed by atoms with van der Waals surface area (Å²) in [6.07, 6.45) is 0.00789. The summed E-state index contributed by atoms with van der Waals surface area (Å²) in [5.41, 5.74) is 3.98. The maximum absolute atomic E-state index is 12.4. The molecule has 0 bridgehead atoms. The second kappa shape index (κ2) is 9.52. The van der Waals surface area contributed by atoms with Gasteiger partial charge < -0.3 is 10.6 Å². The highest BCUT2D eigenvalue weighted by Gasteiger charge is 2.32. The molecule has 1 heterocycles. The molecule has 31 heavy (non-hydrogen) atoms. The van der Waals surface area contributed by atoms with Crippen molar-refractivity contribution < 1.29 is 14.5 Å². The van der Waals surface area contributed by atoms with Crippen molar-refractivity contribution in [1.29, 1.82) is 0 Å². The topological polar surface area (TPSA) is 126 Å². The van der Waals surface area contributed by atoms with Crippen LogP contribution in [0.1, 0.15) is 30.0 Å². The number of nitro benzene ring substituents is 1. The van der Waals surface area contributed by atoms with Crippen molar-refractivity contribution in [2.45, 2.75) is 32.4 Å². The minimum Gasteiger partial charge on any atom is -0.326 e. The monoisotopic (exact) mass is 439 g/mol. The van der Waals surface area contributed by atoms with Gasteiger partial charge >= 0.3 is 0 Å². The first-order chi connectivity index (χ1) is 14.7. The molecule has 1 unspecified atom stereocenters. The van der Waals surface area contributed by atoms with Crippen LogP contribution in [-0.4, -0.2) is 32.9 Å². The van der Waals surface area contributed by atoms with Gasteiger partial charge in [0, 0.05) is 24.2 Å². The molecule has 2 amide bonds. The molecule has 1 saturated heterocycles. The SMILES string of the molecule is CC(=N/N=C1\NC(=O)C(CC(=O)Nc2cccc(C)c2C)S1)c1ccc([N+](=O)[O-])cc1. The fraction of sp³-hybridized carbons (Fsp3) is 0.238. The number of carbonyl (C=O) groups is 2. The molecule has 10 heteroatoms. The molecule has 1 atom stereocenters. The Morgan fingerprint density at radius 1 is 1.23 bits per heavy atom. The highest BCUT2D eigenvalue weighted by molar-refractivity contribution is 8.15.